The van der Waals surface area contributed by atoms with Gasteiger partial charge in [0.15, 0.2) is 0 Å². The van der Waals surface area contributed by atoms with Crippen LogP contribution in [-0.2, 0) is 6.18 Å². The molecule has 0 unspecified atom stereocenters. The fourth-order valence-corrected chi connectivity index (χ4v) is 1.85. The molecule has 1 aromatic carbocycles. The highest BCUT2D eigenvalue weighted by Crippen LogP contribution is 2.34. The second kappa shape index (κ2) is 6.27. The maximum atomic E-state index is 12.6. The molecular weight excluding hydrogens is 325 g/mol. The van der Waals surface area contributed by atoms with E-state index < -0.39 is 17.8 Å². The summed E-state index contributed by atoms with van der Waals surface area (Å²) in [7, 11) is 0. The van der Waals surface area contributed by atoms with E-state index in [2.05, 4.69) is 21.2 Å². The van der Waals surface area contributed by atoms with Crippen LogP contribution in [0.3, 0.4) is 0 Å². The fourth-order valence-electron chi connectivity index (χ4n) is 1.50. The number of rotatable bonds is 3. The standard InChI is InChI=1S/C12H14BrF3N2O/c1-3-18(4-2)11(19)17-10-7-8(12(14,15)16)5-6-9(10)13/h5-7H,3-4H2,1-2H3,(H,17,19). The number of carbonyl (C=O) groups is 1. The fraction of sp³-hybridized carbons (Fsp3) is 0.417. The second-order valence-electron chi connectivity index (χ2n) is 3.79. The molecule has 0 spiro atoms. The number of halogens is 4. The van der Waals surface area contributed by atoms with Gasteiger partial charge in [-0.3, -0.25) is 0 Å². The van der Waals surface area contributed by atoms with Gasteiger partial charge in [0.25, 0.3) is 0 Å². The third-order valence-electron chi connectivity index (χ3n) is 2.59. The van der Waals surface area contributed by atoms with E-state index in [1.54, 1.807) is 13.8 Å². The maximum Gasteiger partial charge on any atom is 0.416 e. The summed E-state index contributed by atoms with van der Waals surface area (Å²) < 4.78 is 38.2. The van der Waals surface area contributed by atoms with E-state index in [4.69, 9.17) is 0 Å². The highest BCUT2D eigenvalue weighted by Gasteiger charge is 2.31. The molecule has 0 fully saturated rings. The Kier molecular flexibility index (Phi) is 5.22. The summed E-state index contributed by atoms with van der Waals surface area (Å²) in [6.07, 6.45) is -4.44. The minimum Gasteiger partial charge on any atom is -0.325 e. The normalized spacial score (nSPS) is 11.3. The minimum absolute atomic E-state index is 0.103. The number of benzene rings is 1. The van der Waals surface area contributed by atoms with Crippen LogP contribution in [0.15, 0.2) is 22.7 Å². The first-order valence-corrected chi connectivity index (χ1v) is 6.51. The van der Waals surface area contributed by atoms with E-state index >= 15 is 0 Å². The average molecular weight is 339 g/mol. The van der Waals surface area contributed by atoms with Crippen molar-refractivity contribution in [3.8, 4) is 0 Å². The Labute approximate surface area is 117 Å². The lowest BCUT2D eigenvalue weighted by Gasteiger charge is -2.20. The van der Waals surface area contributed by atoms with Crippen molar-refractivity contribution < 1.29 is 18.0 Å². The Morgan fingerprint density at radius 1 is 1.32 bits per heavy atom. The first-order valence-electron chi connectivity index (χ1n) is 5.72. The SMILES string of the molecule is CCN(CC)C(=O)Nc1cc(C(F)(F)F)ccc1Br. The molecule has 2 amide bonds. The summed E-state index contributed by atoms with van der Waals surface area (Å²) in [5.41, 5.74) is -0.697. The largest absolute Gasteiger partial charge is 0.416 e. The van der Waals surface area contributed by atoms with Crippen LogP contribution in [0.25, 0.3) is 0 Å². The van der Waals surface area contributed by atoms with Gasteiger partial charge in [0.05, 0.1) is 11.3 Å². The van der Waals surface area contributed by atoms with Gasteiger partial charge in [-0.05, 0) is 48.0 Å². The first-order chi connectivity index (χ1) is 8.79. The third-order valence-corrected chi connectivity index (χ3v) is 3.28. The molecule has 0 aliphatic heterocycles. The molecular formula is C12H14BrF3N2O. The summed E-state index contributed by atoms with van der Waals surface area (Å²) in [6, 6.07) is 2.70. The van der Waals surface area contributed by atoms with Gasteiger partial charge in [0.2, 0.25) is 0 Å². The Morgan fingerprint density at radius 2 is 1.89 bits per heavy atom. The molecule has 0 bridgehead atoms. The second-order valence-corrected chi connectivity index (χ2v) is 4.65. The third kappa shape index (κ3) is 4.12. The Morgan fingerprint density at radius 3 is 2.37 bits per heavy atom. The van der Waals surface area contributed by atoms with Gasteiger partial charge in [-0.1, -0.05) is 0 Å². The van der Waals surface area contributed by atoms with Gasteiger partial charge in [0, 0.05) is 17.6 Å². The lowest BCUT2D eigenvalue weighted by Crippen LogP contribution is -2.34. The first kappa shape index (κ1) is 15.8. The Hall–Kier alpha value is -1.24. The van der Waals surface area contributed by atoms with Crippen LogP contribution in [0.2, 0.25) is 0 Å². The zero-order chi connectivity index (χ0) is 14.6. The van der Waals surface area contributed by atoms with Gasteiger partial charge < -0.3 is 10.2 Å². The molecule has 106 valence electrons. The Bertz CT molecular complexity index is 459. The average Bonchev–Trinajstić information content (AvgIpc) is 2.32. The maximum absolute atomic E-state index is 12.6. The van der Waals surface area contributed by atoms with Crippen molar-refractivity contribution in [2.24, 2.45) is 0 Å². The van der Waals surface area contributed by atoms with E-state index in [9.17, 15) is 18.0 Å². The molecule has 0 saturated heterocycles. The summed E-state index contributed by atoms with van der Waals surface area (Å²) in [4.78, 5) is 13.3. The van der Waals surface area contributed by atoms with Crippen LogP contribution in [0.4, 0.5) is 23.7 Å². The highest BCUT2D eigenvalue weighted by atomic mass is 79.9. The molecule has 0 heterocycles. The predicted octanol–water partition coefficient (Wildman–Crippen LogP) is 4.34. The summed E-state index contributed by atoms with van der Waals surface area (Å²) in [5, 5.41) is 2.46. The van der Waals surface area contributed by atoms with E-state index in [1.807, 2.05) is 0 Å². The number of nitrogens with one attached hydrogen (secondary N) is 1. The monoisotopic (exact) mass is 338 g/mol. The van der Waals surface area contributed by atoms with Crippen molar-refractivity contribution in [1.29, 1.82) is 0 Å². The predicted molar refractivity (Wildman–Crippen MR) is 71.1 cm³/mol. The number of carbonyl (C=O) groups excluding carboxylic acids is 1. The van der Waals surface area contributed by atoms with Crippen LogP contribution in [0, 0.1) is 0 Å². The van der Waals surface area contributed by atoms with Gasteiger partial charge in [0.1, 0.15) is 0 Å². The lowest BCUT2D eigenvalue weighted by molar-refractivity contribution is -0.137. The number of amides is 2. The molecule has 0 aliphatic carbocycles. The van der Waals surface area contributed by atoms with Crippen LogP contribution >= 0.6 is 15.9 Å². The van der Waals surface area contributed by atoms with E-state index in [0.29, 0.717) is 17.6 Å². The molecule has 0 aromatic heterocycles. The number of alkyl halides is 3. The van der Waals surface area contributed by atoms with Crippen LogP contribution < -0.4 is 5.32 Å². The van der Waals surface area contributed by atoms with E-state index in [1.165, 1.54) is 11.0 Å². The number of hydrogen-bond acceptors (Lipinski definition) is 1. The van der Waals surface area contributed by atoms with Gasteiger partial charge >= 0.3 is 12.2 Å². The van der Waals surface area contributed by atoms with Gasteiger partial charge in [-0.2, -0.15) is 13.2 Å². The zero-order valence-corrected chi connectivity index (χ0v) is 12.1. The molecule has 0 atom stereocenters. The lowest BCUT2D eigenvalue weighted by atomic mass is 10.2. The minimum atomic E-state index is -4.44. The highest BCUT2D eigenvalue weighted by molar-refractivity contribution is 9.10. The van der Waals surface area contributed by atoms with Crippen LogP contribution in [0.1, 0.15) is 19.4 Å². The van der Waals surface area contributed by atoms with Crippen LogP contribution in [0.5, 0.6) is 0 Å². The smallest absolute Gasteiger partial charge is 0.325 e. The molecule has 0 saturated carbocycles. The summed E-state index contributed by atoms with van der Waals surface area (Å²) in [5.74, 6) is 0. The molecule has 7 heteroatoms. The molecule has 1 rings (SSSR count). The summed E-state index contributed by atoms with van der Waals surface area (Å²) in [6.45, 7) is 4.56. The topological polar surface area (TPSA) is 32.3 Å². The van der Waals surface area contributed by atoms with Crippen molar-refractivity contribution in [3.63, 3.8) is 0 Å². The van der Waals surface area contributed by atoms with Gasteiger partial charge in [-0.25, -0.2) is 4.79 Å². The molecule has 0 radical (unpaired) electrons. The van der Waals surface area contributed by atoms with E-state index in [-0.39, 0.29) is 5.69 Å². The van der Waals surface area contributed by atoms with Gasteiger partial charge in [-0.15, -0.1) is 0 Å². The summed E-state index contributed by atoms with van der Waals surface area (Å²) >= 11 is 3.12. The molecule has 0 aliphatic rings. The van der Waals surface area contributed by atoms with Crippen molar-refractivity contribution in [3.05, 3.63) is 28.2 Å². The number of urea groups is 1. The van der Waals surface area contributed by atoms with Crippen LogP contribution in [-0.4, -0.2) is 24.0 Å². The quantitative estimate of drug-likeness (QED) is 0.873. The molecule has 1 aromatic rings. The molecule has 19 heavy (non-hydrogen) atoms. The molecule has 1 N–H and O–H groups in total. The van der Waals surface area contributed by atoms with Crippen molar-refractivity contribution in [1.82, 2.24) is 4.90 Å². The number of anilines is 1. The van der Waals surface area contributed by atoms with E-state index in [0.717, 1.165) is 12.1 Å². The number of nitrogens with zero attached hydrogens (tertiary/aromatic N) is 1. The van der Waals surface area contributed by atoms with Crippen molar-refractivity contribution in [2.75, 3.05) is 18.4 Å². The van der Waals surface area contributed by atoms with Crippen molar-refractivity contribution in [2.45, 2.75) is 20.0 Å². The van der Waals surface area contributed by atoms with Crippen molar-refractivity contribution >= 4 is 27.6 Å². The Balaban J connectivity index is 2.98. The zero-order valence-electron chi connectivity index (χ0n) is 10.5. The number of hydrogen-bond donors (Lipinski definition) is 1. The molecule has 3 nitrogen and oxygen atoms in total.